The van der Waals surface area contributed by atoms with E-state index in [4.69, 9.17) is 4.74 Å². The molecule has 27 heavy (non-hydrogen) atoms. The molecular weight excluding hydrogens is 366 g/mol. The Labute approximate surface area is 154 Å². The first-order valence-corrected chi connectivity index (χ1v) is 8.12. The summed E-state index contributed by atoms with van der Waals surface area (Å²) in [5.41, 5.74) is 0.942. The van der Waals surface area contributed by atoms with Gasteiger partial charge in [-0.05, 0) is 42.0 Å². The number of rotatable bonds is 8. The third kappa shape index (κ3) is 7.26. The normalized spacial score (nSPS) is 11.3. The van der Waals surface area contributed by atoms with E-state index in [0.29, 0.717) is 23.4 Å². The van der Waals surface area contributed by atoms with E-state index in [9.17, 15) is 22.4 Å². The number of benzene rings is 2. The molecule has 1 amide bonds. The summed E-state index contributed by atoms with van der Waals surface area (Å²) in [6.07, 6.45) is -4.37. The molecule has 0 radical (unpaired) electrons. The van der Waals surface area contributed by atoms with Crippen LogP contribution in [0.4, 0.5) is 17.6 Å². The lowest BCUT2D eigenvalue weighted by atomic mass is 10.1. The van der Waals surface area contributed by atoms with E-state index in [-0.39, 0.29) is 24.9 Å². The molecule has 0 bridgehead atoms. The zero-order valence-corrected chi connectivity index (χ0v) is 14.6. The predicted molar refractivity (Wildman–Crippen MR) is 91.0 cm³/mol. The summed E-state index contributed by atoms with van der Waals surface area (Å²) in [6.45, 7) is -0.955. The maximum Gasteiger partial charge on any atom is 0.411 e. The van der Waals surface area contributed by atoms with Crippen LogP contribution in [-0.4, -0.2) is 43.8 Å². The van der Waals surface area contributed by atoms with Crippen LogP contribution in [0.2, 0.25) is 0 Å². The van der Waals surface area contributed by atoms with Crippen molar-refractivity contribution in [3.63, 3.8) is 0 Å². The van der Waals surface area contributed by atoms with Crippen molar-refractivity contribution in [2.75, 3.05) is 26.8 Å². The van der Waals surface area contributed by atoms with Crippen LogP contribution in [0.3, 0.4) is 0 Å². The summed E-state index contributed by atoms with van der Waals surface area (Å²) in [4.78, 5) is 13.8. The monoisotopic (exact) mass is 385 g/mol. The fourth-order valence-corrected chi connectivity index (χ4v) is 2.18. The fourth-order valence-electron chi connectivity index (χ4n) is 2.18. The highest BCUT2D eigenvalue weighted by Crippen LogP contribution is 2.16. The maximum atomic E-state index is 12.8. The molecule has 0 aliphatic heterocycles. The molecule has 0 saturated carbocycles. The second-order valence-electron chi connectivity index (χ2n) is 5.83. The first kappa shape index (κ1) is 20.7. The standard InChI is InChI=1S/C19H19F4NO3/c1-24(10-11-27-17-8-6-16(20)7-9-17)18(25)15-4-2-14(3-5-15)12-26-13-19(21,22)23/h2-9H,10-13H2,1H3. The minimum absolute atomic E-state index is 0.185. The Hall–Kier alpha value is -2.61. The topological polar surface area (TPSA) is 38.8 Å². The molecule has 146 valence electrons. The molecule has 8 heteroatoms. The van der Waals surface area contributed by atoms with Gasteiger partial charge in [0.15, 0.2) is 0 Å². The van der Waals surface area contributed by atoms with Crippen molar-refractivity contribution in [1.29, 1.82) is 0 Å². The molecule has 0 heterocycles. The summed E-state index contributed by atoms with van der Waals surface area (Å²) in [6, 6.07) is 11.7. The van der Waals surface area contributed by atoms with Gasteiger partial charge in [-0.1, -0.05) is 12.1 Å². The lowest BCUT2D eigenvalue weighted by molar-refractivity contribution is -0.176. The van der Waals surface area contributed by atoms with Crippen LogP contribution in [0.1, 0.15) is 15.9 Å². The number of hydrogen-bond acceptors (Lipinski definition) is 3. The lowest BCUT2D eigenvalue weighted by Gasteiger charge is -2.18. The number of likely N-dealkylation sites (N-methyl/N-ethyl adjacent to an activating group) is 1. The molecule has 0 fully saturated rings. The van der Waals surface area contributed by atoms with E-state index in [1.54, 1.807) is 19.2 Å². The molecule has 4 nitrogen and oxygen atoms in total. The van der Waals surface area contributed by atoms with Gasteiger partial charge in [0.2, 0.25) is 0 Å². The van der Waals surface area contributed by atoms with Gasteiger partial charge in [-0.15, -0.1) is 0 Å². The van der Waals surface area contributed by atoms with E-state index < -0.39 is 12.8 Å². The van der Waals surface area contributed by atoms with Gasteiger partial charge in [-0.25, -0.2) is 4.39 Å². The number of nitrogens with zero attached hydrogens (tertiary/aromatic N) is 1. The lowest BCUT2D eigenvalue weighted by Crippen LogP contribution is -2.30. The number of amides is 1. The molecule has 0 aliphatic rings. The minimum Gasteiger partial charge on any atom is -0.492 e. The van der Waals surface area contributed by atoms with Crippen molar-refractivity contribution in [3.05, 3.63) is 65.5 Å². The van der Waals surface area contributed by atoms with E-state index in [1.807, 2.05) is 0 Å². The summed E-state index contributed by atoms with van der Waals surface area (Å²) in [7, 11) is 1.61. The number of halogens is 4. The van der Waals surface area contributed by atoms with Crippen LogP contribution in [0.5, 0.6) is 5.75 Å². The number of hydrogen-bond donors (Lipinski definition) is 0. The number of carbonyl (C=O) groups excluding carboxylic acids is 1. The van der Waals surface area contributed by atoms with E-state index in [1.165, 1.54) is 41.3 Å². The summed E-state index contributed by atoms with van der Waals surface area (Å²) >= 11 is 0. The van der Waals surface area contributed by atoms with Gasteiger partial charge in [0.05, 0.1) is 13.2 Å². The highest BCUT2D eigenvalue weighted by Gasteiger charge is 2.27. The summed E-state index contributed by atoms with van der Waals surface area (Å²) in [5, 5.41) is 0. The van der Waals surface area contributed by atoms with Crippen LogP contribution >= 0.6 is 0 Å². The quantitative estimate of drug-likeness (QED) is 0.644. The zero-order chi connectivity index (χ0) is 19.9. The van der Waals surface area contributed by atoms with Crippen molar-refractivity contribution in [1.82, 2.24) is 4.90 Å². The number of carbonyl (C=O) groups is 1. The second-order valence-corrected chi connectivity index (χ2v) is 5.83. The smallest absolute Gasteiger partial charge is 0.411 e. The molecule has 0 atom stereocenters. The highest BCUT2D eigenvalue weighted by molar-refractivity contribution is 5.94. The molecule has 0 unspecified atom stereocenters. The first-order chi connectivity index (χ1) is 12.7. The highest BCUT2D eigenvalue weighted by atomic mass is 19.4. The van der Waals surface area contributed by atoms with Crippen LogP contribution in [0, 0.1) is 5.82 Å². The predicted octanol–water partition coefficient (Wildman–Crippen LogP) is 4.06. The number of ether oxygens (including phenoxy) is 2. The molecule has 2 rings (SSSR count). The molecule has 0 spiro atoms. The first-order valence-electron chi connectivity index (χ1n) is 8.12. The van der Waals surface area contributed by atoms with E-state index in [0.717, 1.165) is 0 Å². The van der Waals surface area contributed by atoms with Gasteiger partial charge in [-0.3, -0.25) is 4.79 Å². The zero-order valence-electron chi connectivity index (χ0n) is 14.6. The Morgan fingerprint density at radius 2 is 1.67 bits per heavy atom. The van der Waals surface area contributed by atoms with Crippen molar-refractivity contribution in [2.24, 2.45) is 0 Å². The molecule has 0 aromatic heterocycles. The minimum atomic E-state index is -4.37. The van der Waals surface area contributed by atoms with Crippen molar-refractivity contribution < 1.29 is 31.8 Å². The van der Waals surface area contributed by atoms with E-state index in [2.05, 4.69) is 4.74 Å². The van der Waals surface area contributed by atoms with Gasteiger partial charge < -0.3 is 14.4 Å². The number of alkyl halides is 3. The molecule has 2 aromatic rings. The summed E-state index contributed by atoms with van der Waals surface area (Å²) < 4.78 is 59.0. The third-order valence-electron chi connectivity index (χ3n) is 3.59. The Bertz CT molecular complexity index is 730. The van der Waals surface area contributed by atoms with Crippen molar-refractivity contribution in [3.8, 4) is 5.75 Å². The molecule has 2 aromatic carbocycles. The van der Waals surface area contributed by atoms with Crippen molar-refractivity contribution >= 4 is 5.91 Å². The Morgan fingerprint density at radius 3 is 2.26 bits per heavy atom. The Balaban J connectivity index is 1.79. The maximum absolute atomic E-state index is 12.8. The fraction of sp³-hybridized carbons (Fsp3) is 0.316. The Kier molecular flexibility index (Phi) is 7.18. The van der Waals surface area contributed by atoms with Gasteiger partial charge in [0.1, 0.15) is 24.8 Å². The van der Waals surface area contributed by atoms with Gasteiger partial charge in [0, 0.05) is 12.6 Å². The SMILES string of the molecule is CN(CCOc1ccc(F)cc1)C(=O)c1ccc(COCC(F)(F)F)cc1. The van der Waals surface area contributed by atoms with Crippen molar-refractivity contribution in [2.45, 2.75) is 12.8 Å². The van der Waals surface area contributed by atoms with E-state index >= 15 is 0 Å². The summed E-state index contributed by atoms with van der Waals surface area (Å²) in [5.74, 6) is -0.108. The van der Waals surface area contributed by atoms with Crippen LogP contribution in [0.15, 0.2) is 48.5 Å². The third-order valence-corrected chi connectivity index (χ3v) is 3.59. The van der Waals surface area contributed by atoms with Crippen LogP contribution in [-0.2, 0) is 11.3 Å². The van der Waals surface area contributed by atoms with Gasteiger partial charge >= 0.3 is 6.18 Å². The second kappa shape index (κ2) is 9.36. The van der Waals surface area contributed by atoms with Gasteiger partial charge in [0.25, 0.3) is 5.91 Å². The molecular formula is C19H19F4NO3. The Morgan fingerprint density at radius 1 is 1.04 bits per heavy atom. The average Bonchev–Trinajstić information content (AvgIpc) is 2.62. The molecule has 0 saturated heterocycles. The largest absolute Gasteiger partial charge is 0.492 e. The average molecular weight is 385 g/mol. The van der Waals surface area contributed by atoms with Gasteiger partial charge in [-0.2, -0.15) is 13.2 Å². The molecule has 0 aliphatic carbocycles. The van der Waals surface area contributed by atoms with Crippen LogP contribution in [0.25, 0.3) is 0 Å². The molecule has 0 N–H and O–H groups in total. The van der Waals surface area contributed by atoms with Crippen LogP contribution < -0.4 is 4.74 Å².